The lowest BCUT2D eigenvalue weighted by Gasteiger charge is -2.31. The third-order valence-corrected chi connectivity index (χ3v) is 8.88. The Balaban J connectivity index is 2.14. The van der Waals surface area contributed by atoms with Crippen molar-refractivity contribution in [3.63, 3.8) is 0 Å². The summed E-state index contributed by atoms with van der Waals surface area (Å²) >= 11 is 6.36. The van der Waals surface area contributed by atoms with Crippen LogP contribution in [0.15, 0.2) is 66.5 Å². The number of carbonyl (C=O) groups excluding carboxylic acids is 2. The largest absolute Gasteiger partial charge is 0.495 e. The highest BCUT2D eigenvalue weighted by Gasteiger charge is 2.32. The Hall–Kier alpha value is -3.89. The van der Waals surface area contributed by atoms with Crippen LogP contribution in [-0.2, 0) is 32.0 Å². The van der Waals surface area contributed by atoms with Crippen LogP contribution < -0.4 is 15.4 Å². The highest BCUT2D eigenvalue weighted by atomic mass is 35.5. The van der Waals surface area contributed by atoms with Gasteiger partial charge in [-0.15, -0.1) is 0 Å². The summed E-state index contributed by atoms with van der Waals surface area (Å²) in [7, 11) is 1.51. The van der Waals surface area contributed by atoms with Crippen molar-refractivity contribution < 1.29 is 38.5 Å². The second kappa shape index (κ2) is 21.5. The molecule has 0 bridgehead atoms. The van der Waals surface area contributed by atoms with Gasteiger partial charge in [-0.3, -0.25) is 9.59 Å². The number of carbonyl (C=O) groups is 3. The molecule has 0 aromatic heterocycles. The molecule has 9 nitrogen and oxygen atoms in total. The van der Waals surface area contributed by atoms with E-state index in [0.29, 0.717) is 54.2 Å². The summed E-state index contributed by atoms with van der Waals surface area (Å²) in [5, 5.41) is 26.6. The van der Waals surface area contributed by atoms with E-state index in [1.54, 1.807) is 36.4 Å². The minimum absolute atomic E-state index is 0.0686. The number of halogens is 2. The molecule has 2 amide bonds. The van der Waals surface area contributed by atoms with Crippen molar-refractivity contribution in [3.8, 4) is 5.75 Å². The second-order valence-corrected chi connectivity index (χ2v) is 14.5. The van der Waals surface area contributed by atoms with Crippen LogP contribution in [0.2, 0.25) is 5.02 Å². The summed E-state index contributed by atoms with van der Waals surface area (Å²) in [6.45, 7) is 11.7. The maximum Gasteiger partial charge on any atom is 0.344 e. The number of hydrogen-bond acceptors (Lipinski definition) is 6. The van der Waals surface area contributed by atoms with Crippen LogP contribution in [0.5, 0.6) is 5.75 Å². The molecule has 2 aromatic rings. The zero-order chi connectivity index (χ0) is 38.1. The average Bonchev–Trinajstić information content (AvgIpc) is 3.07. The summed E-state index contributed by atoms with van der Waals surface area (Å²) in [6.07, 6.45) is 6.84. The first-order valence-corrected chi connectivity index (χ1v) is 18.0. The van der Waals surface area contributed by atoms with Crippen molar-refractivity contribution in [2.24, 2.45) is 17.3 Å². The van der Waals surface area contributed by atoms with Crippen LogP contribution in [0.25, 0.3) is 0 Å². The van der Waals surface area contributed by atoms with Crippen molar-refractivity contribution in [3.05, 3.63) is 88.4 Å². The SMILES string of the molecule is CCC/C=C(\OC(CC(C)C)C(=O)O)C(C)(C)CNC(=O)[C@@H](Cc1ccc(OC)c(Cl)c1)NC(=O)/C=C/CCC(C)[C@@H](O)Cc1ccc(F)cc1. The van der Waals surface area contributed by atoms with E-state index in [1.165, 1.54) is 25.3 Å². The van der Waals surface area contributed by atoms with Crippen LogP contribution in [0, 0.1) is 23.1 Å². The number of aliphatic hydroxyl groups is 1. The molecule has 11 heteroatoms. The topological polar surface area (TPSA) is 134 Å². The lowest BCUT2D eigenvalue weighted by atomic mass is 9.89. The number of aliphatic carboxylic acids is 1. The predicted molar refractivity (Wildman–Crippen MR) is 199 cm³/mol. The van der Waals surface area contributed by atoms with Crippen molar-refractivity contribution in [2.45, 2.75) is 105 Å². The number of carboxylic acid groups (broad SMARTS) is 1. The number of ether oxygens (including phenoxy) is 2. The monoisotopic (exact) mass is 730 g/mol. The van der Waals surface area contributed by atoms with E-state index >= 15 is 0 Å². The number of benzene rings is 2. The quantitative estimate of drug-likeness (QED) is 0.0731. The number of aliphatic hydroxyl groups excluding tert-OH is 1. The average molecular weight is 731 g/mol. The maximum atomic E-state index is 13.7. The molecule has 0 spiro atoms. The van der Waals surface area contributed by atoms with Gasteiger partial charge in [0.1, 0.15) is 23.4 Å². The number of unbranched alkanes of at least 4 members (excludes halogenated alkanes) is 1. The van der Waals surface area contributed by atoms with Crippen molar-refractivity contribution in [2.75, 3.05) is 13.7 Å². The van der Waals surface area contributed by atoms with Gasteiger partial charge in [0.05, 0.1) is 18.2 Å². The molecule has 51 heavy (non-hydrogen) atoms. The maximum absolute atomic E-state index is 13.7. The smallest absolute Gasteiger partial charge is 0.344 e. The Bertz CT molecular complexity index is 1480. The Labute approximate surface area is 307 Å². The molecule has 0 heterocycles. The van der Waals surface area contributed by atoms with Crippen LogP contribution in [-0.4, -0.2) is 59.9 Å². The van der Waals surface area contributed by atoms with Crippen molar-refractivity contribution in [1.29, 1.82) is 0 Å². The molecular weight excluding hydrogens is 675 g/mol. The summed E-state index contributed by atoms with van der Waals surface area (Å²) in [5.41, 5.74) is 0.789. The molecule has 0 aliphatic heterocycles. The van der Waals surface area contributed by atoms with Gasteiger partial charge in [-0.05, 0) is 91.5 Å². The van der Waals surface area contributed by atoms with E-state index in [-0.39, 0.29) is 30.6 Å². The van der Waals surface area contributed by atoms with Crippen molar-refractivity contribution in [1.82, 2.24) is 10.6 Å². The Morgan fingerprint density at radius 1 is 1.02 bits per heavy atom. The van der Waals surface area contributed by atoms with Gasteiger partial charge in [0, 0.05) is 18.4 Å². The zero-order valence-electron chi connectivity index (χ0n) is 31.0. The molecule has 0 radical (unpaired) electrons. The highest BCUT2D eigenvalue weighted by molar-refractivity contribution is 6.32. The van der Waals surface area contributed by atoms with Gasteiger partial charge in [0.15, 0.2) is 6.10 Å². The molecule has 0 aliphatic carbocycles. The molecule has 4 N–H and O–H groups in total. The fourth-order valence-corrected chi connectivity index (χ4v) is 5.65. The fraction of sp³-hybridized carbons (Fsp3) is 0.525. The first kappa shape index (κ1) is 43.3. The normalized spacial score (nSPS) is 14.5. The van der Waals surface area contributed by atoms with Gasteiger partial charge in [0.25, 0.3) is 0 Å². The van der Waals surface area contributed by atoms with Gasteiger partial charge in [-0.25, -0.2) is 9.18 Å². The summed E-state index contributed by atoms with van der Waals surface area (Å²) in [5.74, 6) is -1.26. The first-order valence-electron chi connectivity index (χ1n) is 17.7. The number of methoxy groups -OCH3 is 1. The van der Waals surface area contributed by atoms with Crippen LogP contribution in [0.1, 0.15) is 84.8 Å². The standard InChI is InChI=1S/C40H56ClFN2O7/c1-8-9-13-36(51-35(39(48)49)21-26(2)3)40(5,6)25-43-38(47)32(23-29-17-20-34(50-7)31(41)22-29)44-37(46)14-11-10-12-27(4)33(45)24-28-15-18-30(42)19-16-28/h11,13-20,22,26-27,32-33,35,45H,8-10,12,21,23-25H2,1-7H3,(H,43,47)(H,44,46)(H,48,49)/b14-11+,36-13-/t27?,32-,33+,35?/m1/s1. The first-order chi connectivity index (χ1) is 24.1. The third-order valence-electron chi connectivity index (χ3n) is 8.58. The van der Waals surface area contributed by atoms with Crippen LogP contribution >= 0.6 is 11.6 Å². The molecule has 2 unspecified atom stereocenters. The van der Waals surface area contributed by atoms with Gasteiger partial charge in [-0.1, -0.05) is 83.8 Å². The summed E-state index contributed by atoms with van der Waals surface area (Å²) in [4.78, 5) is 38.8. The molecule has 2 rings (SSSR count). The number of allylic oxidation sites excluding steroid dienone is 2. The van der Waals surface area contributed by atoms with E-state index in [0.717, 1.165) is 12.0 Å². The zero-order valence-corrected chi connectivity index (χ0v) is 31.8. The third kappa shape index (κ3) is 15.5. The molecule has 0 fully saturated rings. The van der Waals surface area contributed by atoms with Gasteiger partial charge < -0.3 is 30.3 Å². The predicted octanol–water partition coefficient (Wildman–Crippen LogP) is 7.43. The van der Waals surface area contributed by atoms with Crippen LogP contribution in [0.3, 0.4) is 0 Å². The molecule has 0 saturated heterocycles. The van der Waals surface area contributed by atoms with E-state index in [1.807, 2.05) is 47.6 Å². The second-order valence-electron chi connectivity index (χ2n) is 14.1. The number of nitrogens with one attached hydrogen (secondary N) is 2. The molecule has 2 aromatic carbocycles. The van der Waals surface area contributed by atoms with E-state index in [2.05, 4.69) is 10.6 Å². The van der Waals surface area contributed by atoms with Gasteiger partial charge in [0.2, 0.25) is 11.8 Å². The Morgan fingerprint density at radius 3 is 2.27 bits per heavy atom. The van der Waals surface area contributed by atoms with Gasteiger partial charge in [-0.2, -0.15) is 0 Å². The number of carboxylic acids is 1. The lowest BCUT2D eigenvalue weighted by molar-refractivity contribution is -0.149. The lowest BCUT2D eigenvalue weighted by Crippen LogP contribution is -2.49. The highest BCUT2D eigenvalue weighted by Crippen LogP contribution is 2.30. The Kier molecular flexibility index (Phi) is 18.2. The minimum atomic E-state index is -1.05. The van der Waals surface area contributed by atoms with Gasteiger partial charge >= 0.3 is 5.97 Å². The van der Waals surface area contributed by atoms with Crippen molar-refractivity contribution >= 4 is 29.4 Å². The molecule has 4 atom stereocenters. The summed E-state index contributed by atoms with van der Waals surface area (Å²) < 4.78 is 24.5. The van der Waals surface area contributed by atoms with Crippen LogP contribution in [0.4, 0.5) is 4.39 Å². The minimum Gasteiger partial charge on any atom is -0.495 e. The number of amides is 2. The molecular formula is C40H56ClFN2O7. The number of rotatable bonds is 22. The number of hydrogen-bond donors (Lipinski definition) is 4. The van der Waals surface area contributed by atoms with E-state index in [4.69, 9.17) is 21.1 Å². The molecule has 0 aliphatic rings. The fourth-order valence-electron chi connectivity index (χ4n) is 5.37. The van der Waals surface area contributed by atoms with E-state index < -0.39 is 41.4 Å². The van der Waals surface area contributed by atoms with E-state index in [9.17, 15) is 29.0 Å². The molecule has 282 valence electrons. The Morgan fingerprint density at radius 2 is 1.69 bits per heavy atom. The summed E-state index contributed by atoms with van der Waals surface area (Å²) in [6, 6.07) is 10.2. The molecule has 0 saturated carbocycles.